The summed E-state index contributed by atoms with van der Waals surface area (Å²) in [5.41, 5.74) is 2.63. The zero-order valence-electron chi connectivity index (χ0n) is 18.5. The molecule has 0 radical (unpaired) electrons. The number of piperidine rings is 1. The molecule has 1 aliphatic carbocycles. The van der Waals surface area contributed by atoms with Gasteiger partial charge < -0.3 is 15.1 Å². The molecular weight excluding hydrogens is 420 g/mol. The molecule has 2 fully saturated rings. The van der Waals surface area contributed by atoms with E-state index in [9.17, 15) is 19.2 Å². The topological polar surface area (TPSA) is 98.8 Å². The smallest absolute Gasteiger partial charge is 0.324 e. The molecule has 33 heavy (non-hydrogen) atoms. The minimum atomic E-state index is -0.894. The van der Waals surface area contributed by atoms with Crippen molar-refractivity contribution in [2.24, 2.45) is 0 Å². The lowest BCUT2D eigenvalue weighted by Gasteiger charge is -2.32. The van der Waals surface area contributed by atoms with E-state index in [1.54, 1.807) is 18.0 Å². The number of likely N-dealkylation sites (N-methyl/N-ethyl adjacent to an activating group) is 1. The van der Waals surface area contributed by atoms with Gasteiger partial charge in [-0.05, 0) is 41.7 Å². The van der Waals surface area contributed by atoms with Crippen molar-refractivity contribution >= 4 is 29.4 Å². The molecule has 170 valence electrons. The number of fused-ring (bicyclic) bond motifs is 1. The van der Waals surface area contributed by atoms with Crippen LogP contribution in [0.25, 0.3) is 0 Å². The van der Waals surface area contributed by atoms with E-state index < -0.39 is 5.54 Å². The third-order valence-corrected chi connectivity index (χ3v) is 7.11. The van der Waals surface area contributed by atoms with Crippen LogP contribution in [0.15, 0.2) is 48.5 Å². The average molecular weight is 447 g/mol. The van der Waals surface area contributed by atoms with Gasteiger partial charge in [0.25, 0.3) is 5.91 Å². The SMILES string of the molecule is CN1C(=O)NC(=O)[C@@]12Cc1ccc(NC(=O)CN3CCC[C@H](c4ccccc4)C3=O)cc1C2. The van der Waals surface area contributed by atoms with Gasteiger partial charge in [-0.1, -0.05) is 36.4 Å². The number of likely N-dealkylation sites (tertiary alicyclic amines) is 1. The molecule has 2 heterocycles. The Bertz CT molecular complexity index is 1150. The molecule has 5 rings (SSSR count). The highest BCUT2D eigenvalue weighted by atomic mass is 16.2. The first-order chi connectivity index (χ1) is 15.9. The highest BCUT2D eigenvalue weighted by Gasteiger charge is 2.54. The van der Waals surface area contributed by atoms with Crippen LogP contribution in [0.4, 0.5) is 10.5 Å². The summed E-state index contributed by atoms with van der Waals surface area (Å²) in [4.78, 5) is 53.2. The fraction of sp³-hybridized carbons (Fsp3) is 0.360. The maximum Gasteiger partial charge on any atom is 0.324 e. The first-order valence-electron chi connectivity index (χ1n) is 11.2. The highest BCUT2D eigenvalue weighted by molar-refractivity contribution is 6.07. The van der Waals surface area contributed by atoms with Crippen molar-refractivity contribution in [1.29, 1.82) is 0 Å². The number of imide groups is 1. The fourth-order valence-electron chi connectivity index (χ4n) is 5.24. The Morgan fingerprint density at radius 2 is 1.85 bits per heavy atom. The molecule has 5 amide bonds. The molecule has 0 saturated carbocycles. The molecule has 2 aliphatic heterocycles. The minimum absolute atomic E-state index is 0.00281. The Labute approximate surface area is 191 Å². The van der Waals surface area contributed by atoms with Gasteiger partial charge >= 0.3 is 6.03 Å². The Morgan fingerprint density at radius 3 is 2.58 bits per heavy atom. The first-order valence-corrected chi connectivity index (χ1v) is 11.2. The number of carbonyl (C=O) groups excluding carboxylic acids is 4. The Hall–Kier alpha value is -3.68. The first kappa shape index (κ1) is 21.2. The normalized spacial score (nSPS) is 24.3. The van der Waals surface area contributed by atoms with E-state index >= 15 is 0 Å². The molecule has 2 saturated heterocycles. The number of rotatable bonds is 4. The number of urea groups is 1. The van der Waals surface area contributed by atoms with Crippen molar-refractivity contribution in [3.05, 3.63) is 65.2 Å². The molecule has 0 aromatic heterocycles. The molecule has 0 bridgehead atoms. The molecule has 1 spiro atoms. The predicted octanol–water partition coefficient (Wildman–Crippen LogP) is 2.05. The Kier molecular flexibility index (Phi) is 5.15. The number of hydrogen-bond acceptors (Lipinski definition) is 4. The van der Waals surface area contributed by atoms with Gasteiger partial charge in [-0.2, -0.15) is 0 Å². The van der Waals surface area contributed by atoms with Crippen molar-refractivity contribution in [3.8, 4) is 0 Å². The molecule has 2 atom stereocenters. The van der Waals surface area contributed by atoms with Crippen LogP contribution >= 0.6 is 0 Å². The fourth-order valence-corrected chi connectivity index (χ4v) is 5.24. The molecule has 2 aromatic rings. The third-order valence-electron chi connectivity index (χ3n) is 7.11. The van der Waals surface area contributed by atoms with Crippen LogP contribution in [-0.2, 0) is 27.2 Å². The Balaban J connectivity index is 1.25. The second kappa shape index (κ2) is 8.03. The predicted molar refractivity (Wildman–Crippen MR) is 122 cm³/mol. The van der Waals surface area contributed by atoms with Gasteiger partial charge in [-0.3, -0.25) is 19.7 Å². The largest absolute Gasteiger partial charge is 0.333 e. The summed E-state index contributed by atoms with van der Waals surface area (Å²) in [5.74, 6) is -0.761. The number of anilines is 1. The molecule has 2 aromatic carbocycles. The molecule has 8 nitrogen and oxygen atoms in total. The maximum atomic E-state index is 13.0. The summed E-state index contributed by atoms with van der Waals surface area (Å²) in [7, 11) is 1.63. The number of benzene rings is 2. The van der Waals surface area contributed by atoms with Gasteiger partial charge in [0.05, 0.1) is 12.5 Å². The zero-order valence-corrected chi connectivity index (χ0v) is 18.5. The zero-order chi connectivity index (χ0) is 23.2. The molecule has 2 N–H and O–H groups in total. The van der Waals surface area contributed by atoms with E-state index in [1.165, 1.54) is 4.90 Å². The van der Waals surface area contributed by atoms with Crippen LogP contribution in [0.5, 0.6) is 0 Å². The quantitative estimate of drug-likeness (QED) is 0.703. The van der Waals surface area contributed by atoms with Crippen molar-refractivity contribution < 1.29 is 19.2 Å². The van der Waals surface area contributed by atoms with E-state index in [0.717, 1.165) is 29.5 Å². The average Bonchev–Trinajstić information content (AvgIpc) is 3.29. The lowest BCUT2D eigenvalue weighted by Crippen LogP contribution is -2.48. The van der Waals surface area contributed by atoms with Crippen LogP contribution in [0.2, 0.25) is 0 Å². The van der Waals surface area contributed by atoms with Crippen molar-refractivity contribution in [2.45, 2.75) is 37.1 Å². The monoisotopic (exact) mass is 446 g/mol. The maximum absolute atomic E-state index is 13.0. The van der Waals surface area contributed by atoms with E-state index in [-0.39, 0.29) is 36.2 Å². The standard InChI is InChI=1S/C25H26N4O4/c1-28-24(33)27-23(32)25(28)13-17-9-10-19(12-18(17)14-25)26-21(30)15-29-11-5-8-20(22(29)31)16-6-3-2-4-7-16/h2-4,6-7,9-10,12,20H,5,8,11,13-15H2,1H3,(H,26,30)(H,27,32,33)/t20-,25+/m1/s1. The molecule has 3 aliphatic rings. The van der Waals surface area contributed by atoms with Crippen LogP contribution in [-0.4, -0.2) is 59.2 Å². The van der Waals surface area contributed by atoms with Gasteiger partial charge in [0.15, 0.2) is 0 Å². The van der Waals surface area contributed by atoms with Gasteiger partial charge in [-0.25, -0.2) is 4.79 Å². The van der Waals surface area contributed by atoms with Gasteiger partial charge in [-0.15, -0.1) is 0 Å². The number of nitrogens with one attached hydrogen (secondary N) is 2. The Morgan fingerprint density at radius 1 is 1.09 bits per heavy atom. The molecular formula is C25H26N4O4. The second-order valence-electron chi connectivity index (χ2n) is 9.10. The van der Waals surface area contributed by atoms with Crippen LogP contribution < -0.4 is 10.6 Å². The van der Waals surface area contributed by atoms with Crippen LogP contribution in [0.3, 0.4) is 0 Å². The number of nitrogens with zero attached hydrogens (tertiary/aromatic N) is 2. The number of carbonyl (C=O) groups is 4. The van der Waals surface area contributed by atoms with Gasteiger partial charge in [0, 0.05) is 32.1 Å². The summed E-state index contributed by atoms with van der Waals surface area (Å²) < 4.78 is 0. The van der Waals surface area contributed by atoms with Crippen molar-refractivity contribution in [1.82, 2.24) is 15.1 Å². The lowest BCUT2D eigenvalue weighted by atomic mass is 9.90. The van der Waals surface area contributed by atoms with Gasteiger partial charge in [0.2, 0.25) is 11.8 Å². The summed E-state index contributed by atoms with van der Waals surface area (Å²) >= 11 is 0. The highest BCUT2D eigenvalue weighted by Crippen LogP contribution is 2.38. The summed E-state index contributed by atoms with van der Waals surface area (Å²) in [6, 6.07) is 14.9. The van der Waals surface area contributed by atoms with Gasteiger partial charge in [0.1, 0.15) is 5.54 Å². The molecule has 0 unspecified atom stereocenters. The minimum Gasteiger partial charge on any atom is -0.333 e. The lowest BCUT2D eigenvalue weighted by molar-refractivity contribution is -0.138. The van der Waals surface area contributed by atoms with E-state index in [2.05, 4.69) is 10.6 Å². The van der Waals surface area contributed by atoms with Crippen LogP contribution in [0, 0.1) is 0 Å². The summed E-state index contributed by atoms with van der Waals surface area (Å²) in [5, 5.41) is 5.28. The second-order valence-corrected chi connectivity index (χ2v) is 9.10. The molecule has 8 heteroatoms. The summed E-state index contributed by atoms with van der Waals surface area (Å²) in [6.07, 6.45) is 2.50. The van der Waals surface area contributed by atoms with E-state index in [1.807, 2.05) is 42.5 Å². The van der Waals surface area contributed by atoms with E-state index in [4.69, 9.17) is 0 Å². The van der Waals surface area contributed by atoms with Crippen LogP contribution in [0.1, 0.15) is 35.4 Å². The number of amides is 5. The van der Waals surface area contributed by atoms with Crippen molar-refractivity contribution in [3.63, 3.8) is 0 Å². The third kappa shape index (κ3) is 3.65. The summed E-state index contributed by atoms with van der Waals surface area (Å²) in [6.45, 7) is 0.570. The number of hydrogen-bond donors (Lipinski definition) is 2. The van der Waals surface area contributed by atoms with Crippen molar-refractivity contribution in [2.75, 3.05) is 25.5 Å². The van der Waals surface area contributed by atoms with E-state index in [0.29, 0.717) is 25.1 Å².